The number of nitrogens with one attached hydrogen (secondary N) is 3. The molecule has 0 radical (unpaired) electrons. The van der Waals surface area contributed by atoms with Crippen molar-refractivity contribution in [3.8, 4) is 5.69 Å². The molecule has 3 rings (SSSR count). The molecule has 27 heavy (non-hydrogen) atoms. The molecule has 6 nitrogen and oxygen atoms in total. The number of anilines is 1. The molecule has 2 aromatic carbocycles. The Bertz CT molecular complexity index is 988. The molecule has 1 amide bonds. The van der Waals surface area contributed by atoms with Crippen LogP contribution in [0, 0.1) is 18.6 Å². The van der Waals surface area contributed by atoms with Gasteiger partial charge in [0, 0.05) is 11.4 Å². The molecule has 3 aromatic rings. The van der Waals surface area contributed by atoms with E-state index in [4.69, 9.17) is 12.2 Å². The van der Waals surface area contributed by atoms with Crippen LogP contribution in [0.4, 0.5) is 14.5 Å². The third kappa shape index (κ3) is 4.45. The van der Waals surface area contributed by atoms with Crippen LogP contribution < -0.4 is 16.2 Å². The first-order chi connectivity index (χ1) is 12.9. The summed E-state index contributed by atoms with van der Waals surface area (Å²) in [7, 11) is 0. The molecule has 0 aliphatic carbocycles. The van der Waals surface area contributed by atoms with Gasteiger partial charge in [-0.2, -0.15) is 0 Å². The van der Waals surface area contributed by atoms with Gasteiger partial charge in [-0.25, -0.2) is 13.8 Å². The molecule has 0 aliphatic rings. The lowest BCUT2D eigenvalue weighted by Crippen LogP contribution is -2.44. The lowest BCUT2D eigenvalue weighted by Gasteiger charge is -2.13. The first-order valence-electron chi connectivity index (χ1n) is 7.86. The largest absolute Gasteiger partial charge is 0.331 e. The highest BCUT2D eigenvalue weighted by Gasteiger charge is 2.13. The summed E-state index contributed by atoms with van der Waals surface area (Å²) in [4.78, 5) is 16.3. The van der Waals surface area contributed by atoms with Crippen molar-refractivity contribution in [3.63, 3.8) is 0 Å². The molecule has 0 aliphatic heterocycles. The fourth-order valence-electron chi connectivity index (χ4n) is 2.28. The van der Waals surface area contributed by atoms with Gasteiger partial charge in [0.1, 0.15) is 17.3 Å². The Kier molecular flexibility index (Phi) is 5.41. The lowest BCUT2D eigenvalue weighted by molar-refractivity contribution is 0.0937. The number of hydrogen-bond donors (Lipinski definition) is 3. The predicted octanol–water partition coefficient (Wildman–Crippen LogP) is 3.09. The monoisotopic (exact) mass is 387 g/mol. The molecule has 0 fully saturated rings. The van der Waals surface area contributed by atoms with Gasteiger partial charge in [0.2, 0.25) is 0 Å². The van der Waals surface area contributed by atoms with Crippen molar-refractivity contribution in [1.82, 2.24) is 20.4 Å². The second-order valence-corrected chi connectivity index (χ2v) is 6.03. The van der Waals surface area contributed by atoms with Crippen LogP contribution in [-0.4, -0.2) is 20.6 Å². The van der Waals surface area contributed by atoms with E-state index in [9.17, 15) is 13.6 Å². The number of thiocarbonyl (C=S) groups is 1. The molecule has 0 saturated carbocycles. The Labute approximate surface area is 159 Å². The Morgan fingerprint density at radius 1 is 1.11 bits per heavy atom. The highest BCUT2D eigenvalue weighted by atomic mass is 32.1. The topological polar surface area (TPSA) is 71.0 Å². The zero-order valence-electron chi connectivity index (χ0n) is 14.2. The van der Waals surface area contributed by atoms with Crippen LogP contribution in [-0.2, 0) is 0 Å². The second-order valence-electron chi connectivity index (χ2n) is 5.62. The van der Waals surface area contributed by atoms with Crippen LogP contribution in [0.25, 0.3) is 5.69 Å². The summed E-state index contributed by atoms with van der Waals surface area (Å²) in [6.07, 6.45) is 2.81. The van der Waals surface area contributed by atoms with Crippen molar-refractivity contribution in [2.45, 2.75) is 6.92 Å². The van der Waals surface area contributed by atoms with Crippen LogP contribution in [0.2, 0.25) is 0 Å². The number of halogens is 2. The van der Waals surface area contributed by atoms with Gasteiger partial charge in [0.15, 0.2) is 5.11 Å². The smallest absolute Gasteiger partial charge is 0.288 e. The fourth-order valence-corrected chi connectivity index (χ4v) is 2.45. The van der Waals surface area contributed by atoms with E-state index in [1.165, 1.54) is 47.4 Å². The molecule has 0 atom stereocenters. The molecule has 0 saturated heterocycles. The van der Waals surface area contributed by atoms with Gasteiger partial charge in [0.05, 0.1) is 12.5 Å². The molecule has 138 valence electrons. The lowest BCUT2D eigenvalue weighted by atomic mass is 10.2. The first-order valence-corrected chi connectivity index (χ1v) is 8.26. The van der Waals surface area contributed by atoms with Crippen molar-refractivity contribution in [2.24, 2.45) is 0 Å². The number of nitrogens with zero attached hydrogens (tertiary/aromatic N) is 2. The van der Waals surface area contributed by atoms with Gasteiger partial charge in [0.25, 0.3) is 5.91 Å². The maximum Gasteiger partial charge on any atom is 0.288 e. The van der Waals surface area contributed by atoms with E-state index in [1.807, 2.05) is 0 Å². The van der Waals surface area contributed by atoms with E-state index in [0.717, 1.165) is 0 Å². The quantitative estimate of drug-likeness (QED) is 0.476. The number of imidazole rings is 1. The number of hydrazine groups is 1. The number of aromatic nitrogens is 2. The van der Waals surface area contributed by atoms with E-state index in [-0.39, 0.29) is 22.4 Å². The van der Waals surface area contributed by atoms with Crippen molar-refractivity contribution in [1.29, 1.82) is 0 Å². The number of carbonyl (C=O) groups excluding carboxylic acids is 1. The molecule has 9 heteroatoms. The molecular formula is C18H15F2N5OS. The average Bonchev–Trinajstić information content (AvgIpc) is 3.13. The SMILES string of the molecule is Cc1ccc(NC(=S)NNC(=O)c2cncn2-c2ccc(F)cc2)cc1F. The maximum atomic E-state index is 13.6. The van der Waals surface area contributed by atoms with E-state index in [1.54, 1.807) is 19.1 Å². The Hall–Kier alpha value is -3.33. The fraction of sp³-hybridized carbons (Fsp3) is 0.0556. The van der Waals surface area contributed by atoms with Crippen LogP contribution in [0.3, 0.4) is 0 Å². The Morgan fingerprint density at radius 3 is 2.56 bits per heavy atom. The molecule has 3 N–H and O–H groups in total. The van der Waals surface area contributed by atoms with Gasteiger partial charge in [-0.1, -0.05) is 6.07 Å². The number of carbonyl (C=O) groups is 1. The minimum Gasteiger partial charge on any atom is -0.331 e. The van der Waals surface area contributed by atoms with E-state index in [0.29, 0.717) is 16.9 Å². The van der Waals surface area contributed by atoms with Gasteiger partial charge in [-0.05, 0) is 61.1 Å². The number of benzene rings is 2. The Morgan fingerprint density at radius 2 is 1.85 bits per heavy atom. The summed E-state index contributed by atoms with van der Waals surface area (Å²) < 4.78 is 28.1. The second kappa shape index (κ2) is 7.92. The predicted molar refractivity (Wildman–Crippen MR) is 101 cm³/mol. The average molecular weight is 387 g/mol. The summed E-state index contributed by atoms with van der Waals surface area (Å²) in [5.41, 5.74) is 6.73. The molecule has 1 heterocycles. The van der Waals surface area contributed by atoms with Crippen LogP contribution in [0.1, 0.15) is 16.1 Å². The van der Waals surface area contributed by atoms with E-state index < -0.39 is 5.91 Å². The van der Waals surface area contributed by atoms with Crippen molar-refractivity contribution >= 4 is 28.9 Å². The molecule has 1 aromatic heterocycles. The minimum atomic E-state index is -0.504. The maximum absolute atomic E-state index is 13.6. The van der Waals surface area contributed by atoms with Crippen molar-refractivity contribution in [2.75, 3.05) is 5.32 Å². The van der Waals surface area contributed by atoms with Gasteiger partial charge >= 0.3 is 0 Å². The zero-order valence-corrected chi connectivity index (χ0v) is 15.0. The highest BCUT2D eigenvalue weighted by molar-refractivity contribution is 7.80. The number of amides is 1. The number of aryl methyl sites for hydroxylation is 1. The molecular weight excluding hydrogens is 372 g/mol. The highest BCUT2D eigenvalue weighted by Crippen LogP contribution is 2.14. The van der Waals surface area contributed by atoms with E-state index >= 15 is 0 Å². The number of hydrogen-bond acceptors (Lipinski definition) is 3. The third-order valence-electron chi connectivity index (χ3n) is 3.70. The standard InChI is InChI=1S/C18H15F2N5OS/c1-11-2-5-13(8-15(11)20)22-18(27)24-23-17(26)16-9-21-10-25(16)14-6-3-12(19)4-7-14/h2-10H,1H3,(H,23,26)(H2,22,24,27). The Balaban J connectivity index is 1.63. The third-order valence-corrected chi connectivity index (χ3v) is 3.90. The normalized spacial score (nSPS) is 10.3. The van der Waals surface area contributed by atoms with E-state index in [2.05, 4.69) is 21.2 Å². The van der Waals surface area contributed by atoms with Crippen molar-refractivity contribution in [3.05, 3.63) is 77.9 Å². The summed E-state index contributed by atoms with van der Waals surface area (Å²) in [6, 6.07) is 10.2. The van der Waals surface area contributed by atoms with Gasteiger partial charge < -0.3 is 5.32 Å². The summed E-state index contributed by atoms with van der Waals surface area (Å²) in [6.45, 7) is 1.65. The zero-order chi connectivity index (χ0) is 19.4. The van der Waals surface area contributed by atoms with Crippen LogP contribution in [0.5, 0.6) is 0 Å². The van der Waals surface area contributed by atoms with Crippen LogP contribution >= 0.6 is 12.2 Å². The number of rotatable bonds is 3. The summed E-state index contributed by atoms with van der Waals surface area (Å²) >= 11 is 5.08. The minimum absolute atomic E-state index is 0.0828. The van der Waals surface area contributed by atoms with Crippen LogP contribution in [0.15, 0.2) is 55.0 Å². The summed E-state index contributed by atoms with van der Waals surface area (Å²) in [5, 5.41) is 2.85. The molecule has 0 spiro atoms. The molecule has 0 unspecified atom stereocenters. The van der Waals surface area contributed by atoms with Crippen molar-refractivity contribution < 1.29 is 13.6 Å². The van der Waals surface area contributed by atoms with Gasteiger partial charge in [-0.3, -0.25) is 20.2 Å². The molecule has 0 bridgehead atoms. The summed E-state index contributed by atoms with van der Waals surface area (Å²) in [5.74, 6) is -1.25. The van der Waals surface area contributed by atoms with Gasteiger partial charge in [-0.15, -0.1) is 0 Å². The first kappa shape index (κ1) is 18.5.